The fourth-order valence-electron chi connectivity index (χ4n) is 1.73. The Kier molecular flexibility index (Phi) is 3.09. The molecule has 0 bridgehead atoms. The molecule has 1 aliphatic rings. The molecule has 0 aromatic carbocycles. The molecule has 0 atom stereocenters. The maximum absolute atomic E-state index is 6.15. The third-order valence-corrected chi connectivity index (χ3v) is 4.00. The number of halogens is 1. The highest BCUT2D eigenvalue weighted by molar-refractivity contribution is 9.10. The van der Waals surface area contributed by atoms with Crippen molar-refractivity contribution >= 4 is 27.3 Å². The highest BCUT2D eigenvalue weighted by Gasteiger charge is 2.30. The Morgan fingerprint density at radius 1 is 1.57 bits per heavy atom. The van der Waals surface area contributed by atoms with E-state index in [0.717, 1.165) is 17.4 Å². The molecule has 0 aliphatic heterocycles. The van der Waals surface area contributed by atoms with E-state index in [9.17, 15) is 0 Å². The van der Waals surface area contributed by atoms with Crippen molar-refractivity contribution < 1.29 is 4.74 Å². The van der Waals surface area contributed by atoms with Gasteiger partial charge >= 0.3 is 0 Å². The number of ether oxygens (including phenoxy) is 1. The van der Waals surface area contributed by atoms with Crippen LogP contribution in [-0.2, 0) is 0 Å². The van der Waals surface area contributed by atoms with E-state index in [2.05, 4.69) is 20.9 Å². The zero-order valence-corrected chi connectivity index (χ0v) is 10.2. The SMILES string of the molecule is NC1(COc2nc(Br)cs2)CCCC1. The van der Waals surface area contributed by atoms with Gasteiger partial charge in [-0.25, -0.2) is 0 Å². The monoisotopic (exact) mass is 276 g/mol. The number of thiazole rings is 1. The summed E-state index contributed by atoms with van der Waals surface area (Å²) in [5.41, 5.74) is 6.04. The average molecular weight is 277 g/mol. The molecule has 2 rings (SSSR count). The van der Waals surface area contributed by atoms with Crippen molar-refractivity contribution in [2.75, 3.05) is 6.61 Å². The lowest BCUT2D eigenvalue weighted by atomic mass is 10.0. The number of aromatic nitrogens is 1. The van der Waals surface area contributed by atoms with Crippen molar-refractivity contribution in [3.8, 4) is 5.19 Å². The molecule has 78 valence electrons. The number of nitrogens with two attached hydrogens (primary N) is 1. The van der Waals surface area contributed by atoms with Crippen LogP contribution < -0.4 is 10.5 Å². The molecule has 5 heteroatoms. The molecule has 1 aliphatic carbocycles. The molecule has 1 saturated carbocycles. The number of rotatable bonds is 3. The maximum atomic E-state index is 6.15. The van der Waals surface area contributed by atoms with Gasteiger partial charge in [-0.3, -0.25) is 0 Å². The molecule has 3 nitrogen and oxygen atoms in total. The molecule has 14 heavy (non-hydrogen) atoms. The van der Waals surface area contributed by atoms with Crippen molar-refractivity contribution in [3.05, 3.63) is 9.98 Å². The Balaban J connectivity index is 1.87. The highest BCUT2D eigenvalue weighted by Crippen LogP contribution is 2.29. The molecule has 0 spiro atoms. The average Bonchev–Trinajstić information content (AvgIpc) is 2.73. The van der Waals surface area contributed by atoms with Crippen LogP contribution in [0.25, 0.3) is 0 Å². The fraction of sp³-hybridized carbons (Fsp3) is 0.667. The van der Waals surface area contributed by atoms with Gasteiger partial charge in [0.05, 0.1) is 5.54 Å². The topological polar surface area (TPSA) is 48.1 Å². The van der Waals surface area contributed by atoms with Crippen LogP contribution in [0.2, 0.25) is 0 Å². The van der Waals surface area contributed by atoms with Crippen molar-refractivity contribution in [3.63, 3.8) is 0 Å². The van der Waals surface area contributed by atoms with Gasteiger partial charge in [-0.05, 0) is 28.8 Å². The minimum atomic E-state index is -0.113. The molecule has 1 aromatic heterocycles. The number of hydrogen-bond acceptors (Lipinski definition) is 4. The Morgan fingerprint density at radius 3 is 2.86 bits per heavy atom. The molecule has 2 N–H and O–H groups in total. The quantitative estimate of drug-likeness (QED) is 0.923. The standard InChI is InChI=1S/C9H13BrN2OS/c10-7-5-14-8(12-7)13-6-9(11)3-1-2-4-9/h5H,1-4,6,11H2. The summed E-state index contributed by atoms with van der Waals surface area (Å²) in [6.45, 7) is 0.590. The summed E-state index contributed by atoms with van der Waals surface area (Å²) in [6, 6.07) is 0. The van der Waals surface area contributed by atoms with Gasteiger partial charge in [0.25, 0.3) is 5.19 Å². The van der Waals surface area contributed by atoms with Gasteiger partial charge in [-0.2, -0.15) is 4.98 Å². The van der Waals surface area contributed by atoms with Crippen LogP contribution in [0, 0.1) is 0 Å². The lowest BCUT2D eigenvalue weighted by Crippen LogP contribution is -2.42. The molecular formula is C9H13BrN2OS. The lowest BCUT2D eigenvalue weighted by molar-refractivity contribution is 0.219. The van der Waals surface area contributed by atoms with E-state index in [1.165, 1.54) is 24.2 Å². The summed E-state index contributed by atoms with van der Waals surface area (Å²) >= 11 is 4.78. The Bertz CT molecular complexity index is 310. The first-order chi connectivity index (χ1) is 6.68. The summed E-state index contributed by atoms with van der Waals surface area (Å²) < 4.78 is 6.39. The van der Waals surface area contributed by atoms with Crippen molar-refractivity contribution in [1.82, 2.24) is 4.98 Å². The van der Waals surface area contributed by atoms with Crippen LogP contribution in [0.4, 0.5) is 0 Å². The van der Waals surface area contributed by atoms with Gasteiger partial charge < -0.3 is 10.5 Å². The van der Waals surface area contributed by atoms with Crippen LogP contribution >= 0.6 is 27.3 Å². The molecule has 0 saturated heterocycles. The fourth-order valence-corrected chi connectivity index (χ4v) is 2.82. The van der Waals surface area contributed by atoms with Crippen molar-refractivity contribution in [1.29, 1.82) is 0 Å². The first-order valence-corrected chi connectivity index (χ1v) is 6.38. The minimum absolute atomic E-state index is 0.113. The third-order valence-electron chi connectivity index (χ3n) is 2.54. The zero-order chi connectivity index (χ0) is 10.0. The van der Waals surface area contributed by atoms with E-state index in [1.54, 1.807) is 0 Å². The van der Waals surface area contributed by atoms with Crippen LogP contribution in [0.1, 0.15) is 25.7 Å². The lowest BCUT2D eigenvalue weighted by Gasteiger charge is -2.22. The van der Waals surface area contributed by atoms with Gasteiger partial charge in [-0.1, -0.05) is 24.2 Å². The smallest absolute Gasteiger partial charge is 0.274 e. The Morgan fingerprint density at radius 2 is 2.29 bits per heavy atom. The molecular weight excluding hydrogens is 264 g/mol. The van der Waals surface area contributed by atoms with Crippen molar-refractivity contribution in [2.45, 2.75) is 31.2 Å². The Hall–Kier alpha value is -0.130. The van der Waals surface area contributed by atoms with E-state index >= 15 is 0 Å². The van der Waals surface area contributed by atoms with Gasteiger partial charge in [0.2, 0.25) is 0 Å². The van der Waals surface area contributed by atoms with E-state index in [0.29, 0.717) is 11.8 Å². The maximum Gasteiger partial charge on any atom is 0.274 e. The summed E-state index contributed by atoms with van der Waals surface area (Å²) in [5.74, 6) is 0. The highest BCUT2D eigenvalue weighted by atomic mass is 79.9. The number of hydrogen-bond donors (Lipinski definition) is 1. The van der Waals surface area contributed by atoms with Crippen molar-refractivity contribution in [2.24, 2.45) is 5.73 Å². The van der Waals surface area contributed by atoms with Gasteiger partial charge in [-0.15, -0.1) is 0 Å². The Labute approximate surface area is 95.8 Å². The molecule has 1 aromatic rings. The van der Waals surface area contributed by atoms with E-state index < -0.39 is 0 Å². The van der Waals surface area contributed by atoms with E-state index in [4.69, 9.17) is 10.5 Å². The summed E-state index contributed by atoms with van der Waals surface area (Å²) in [4.78, 5) is 4.16. The summed E-state index contributed by atoms with van der Waals surface area (Å²) in [7, 11) is 0. The van der Waals surface area contributed by atoms with Gasteiger partial charge in [0.1, 0.15) is 11.2 Å². The van der Waals surface area contributed by atoms with Gasteiger partial charge in [0.15, 0.2) is 0 Å². The molecule has 0 amide bonds. The predicted molar refractivity (Wildman–Crippen MR) is 60.7 cm³/mol. The zero-order valence-electron chi connectivity index (χ0n) is 7.83. The predicted octanol–water partition coefficient (Wildman–Crippen LogP) is 2.56. The molecule has 1 heterocycles. The second kappa shape index (κ2) is 4.16. The first-order valence-electron chi connectivity index (χ1n) is 4.71. The normalized spacial score (nSPS) is 19.9. The molecule has 0 unspecified atom stereocenters. The van der Waals surface area contributed by atoms with Crippen LogP contribution in [0.15, 0.2) is 9.98 Å². The van der Waals surface area contributed by atoms with Crippen LogP contribution in [0.5, 0.6) is 5.19 Å². The number of nitrogens with zero attached hydrogens (tertiary/aromatic N) is 1. The largest absolute Gasteiger partial charge is 0.468 e. The van der Waals surface area contributed by atoms with Gasteiger partial charge in [0, 0.05) is 5.38 Å². The molecule has 0 radical (unpaired) electrons. The van der Waals surface area contributed by atoms with Crippen LogP contribution in [0.3, 0.4) is 0 Å². The van der Waals surface area contributed by atoms with Crippen LogP contribution in [-0.4, -0.2) is 17.1 Å². The van der Waals surface area contributed by atoms with E-state index in [1.807, 2.05) is 5.38 Å². The summed E-state index contributed by atoms with van der Waals surface area (Å²) in [6.07, 6.45) is 4.59. The first kappa shape index (κ1) is 10.4. The molecule has 1 fully saturated rings. The summed E-state index contributed by atoms with van der Waals surface area (Å²) in [5, 5.41) is 2.61. The second-order valence-corrected chi connectivity index (χ2v) is 5.43. The third kappa shape index (κ3) is 2.46. The second-order valence-electron chi connectivity index (χ2n) is 3.79. The minimum Gasteiger partial charge on any atom is -0.468 e. The van der Waals surface area contributed by atoms with E-state index in [-0.39, 0.29) is 5.54 Å².